The summed E-state index contributed by atoms with van der Waals surface area (Å²) in [5.41, 5.74) is 0.560. The van der Waals surface area contributed by atoms with E-state index < -0.39 is 26.1 Å². The summed E-state index contributed by atoms with van der Waals surface area (Å²) < 4.78 is 57.5. The zero-order valence-electron chi connectivity index (χ0n) is 13.5. The molecule has 24 heavy (non-hydrogen) atoms. The maximum atomic E-state index is 12.6. The quantitative estimate of drug-likeness (QED) is 0.727. The lowest BCUT2D eigenvalue weighted by atomic mass is 10.1. The minimum absolute atomic E-state index is 0.103. The van der Waals surface area contributed by atoms with Crippen molar-refractivity contribution in [2.75, 3.05) is 13.4 Å². The van der Waals surface area contributed by atoms with Gasteiger partial charge in [-0.25, -0.2) is 8.42 Å². The van der Waals surface area contributed by atoms with E-state index in [4.69, 9.17) is 8.92 Å². The molecule has 130 valence electrons. The molecule has 0 amide bonds. The predicted octanol–water partition coefficient (Wildman–Crippen LogP) is 2.57. The first kappa shape index (κ1) is 18.4. The van der Waals surface area contributed by atoms with E-state index in [9.17, 15) is 16.8 Å². The summed E-state index contributed by atoms with van der Waals surface area (Å²) in [6.07, 6.45) is 0.263. The summed E-state index contributed by atoms with van der Waals surface area (Å²) in [5.74, 6) is 0.447. The second-order valence-electron chi connectivity index (χ2n) is 5.19. The highest BCUT2D eigenvalue weighted by Crippen LogP contribution is 2.26. The second kappa shape index (κ2) is 6.92. The molecule has 2 rings (SSSR count). The average Bonchev–Trinajstić information content (AvgIpc) is 2.53. The second-order valence-corrected chi connectivity index (χ2v) is 8.74. The van der Waals surface area contributed by atoms with Crippen LogP contribution in [0.3, 0.4) is 0 Å². The van der Waals surface area contributed by atoms with Crippen LogP contribution in [0.25, 0.3) is 0 Å². The minimum atomic E-state index is -3.69. The van der Waals surface area contributed by atoms with Gasteiger partial charge in [-0.05, 0) is 42.8 Å². The van der Waals surface area contributed by atoms with Crippen LogP contribution >= 0.6 is 0 Å². The van der Waals surface area contributed by atoms with Gasteiger partial charge in [-0.3, -0.25) is 4.18 Å². The van der Waals surface area contributed by atoms with Crippen molar-refractivity contribution in [1.29, 1.82) is 0 Å². The van der Waals surface area contributed by atoms with Gasteiger partial charge < -0.3 is 4.74 Å². The topological polar surface area (TPSA) is 86.7 Å². The Kier molecular flexibility index (Phi) is 5.32. The highest BCUT2D eigenvalue weighted by Gasteiger charge is 2.19. The van der Waals surface area contributed by atoms with Crippen molar-refractivity contribution in [3.8, 4) is 5.75 Å². The van der Waals surface area contributed by atoms with Crippen molar-refractivity contribution in [2.24, 2.45) is 0 Å². The zero-order valence-corrected chi connectivity index (χ0v) is 15.1. The molecule has 0 bridgehead atoms. The normalized spacial score (nSPS) is 13.5. The van der Waals surface area contributed by atoms with E-state index in [1.54, 1.807) is 19.1 Å². The Hall–Kier alpha value is -1.90. The molecule has 0 spiro atoms. The fourth-order valence-electron chi connectivity index (χ4n) is 2.14. The molecule has 0 saturated heterocycles. The van der Waals surface area contributed by atoms with Crippen LogP contribution in [-0.2, 0) is 24.1 Å². The number of rotatable bonds is 6. The van der Waals surface area contributed by atoms with Crippen molar-refractivity contribution in [1.82, 2.24) is 0 Å². The lowest BCUT2D eigenvalue weighted by molar-refractivity contribution is 0.236. The number of ether oxygens (including phenoxy) is 1. The van der Waals surface area contributed by atoms with Crippen molar-refractivity contribution in [3.63, 3.8) is 0 Å². The molecule has 0 aliphatic heterocycles. The van der Waals surface area contributed by atoms with Gasteiger partial charge in [0, 0.05) is 0 Å². The molecule has 0 saturated carbocycles. The van der Waals surface area contributed by atoms with Crippen LogP contribution in [0.15, 0.2) is 58.3 Å². The number of hydrogen-bond donors (Lipinski definition) is 0. The van der Waals surface area contributed by atoms with Gasteiger partial charge in [0.1, 0.15) is 5.75 Å². The lowest BCUT2D eigenvalue weighted by Crippen LogP contribution is -2.08. The largest absolute Gasteiger partial charge is 0.497 e. The Bertz CT molecular complexity index is 915. The molecule has 6 nitrogen and oxygen atoms in total. The molecule has 0 aliphatic rings. The molecule has 0 aromatic heterocycles. The summed E-state index contributed by atoms with van der Waals surface area (Å²) in [5, 5.41) is 0. The molecule has 8 heteroatoms. The molecular weight excluding hydrogens is 352 g/mol. The van der Waals surface area contributed by atoms with Crippen LogP contribution in [0.4, 0.5) is 0 Å². The molecule has 2 aromatic rings. The molecule has 0 heterocycles. The van der Waals surface area contributed by atoms with E-state index in [0.717, 1.165) is 6.26 Å². The number of sulfone groups is 1. The molecule has 2 aromatic carbocycles. The van der Waals surface area contributed by atoms with Gasteiger partial charge in [0.2, 0.25) is 9.84 Å². The third-order valence-corrected chi connectivity index (χ3v) is 5.74. The van der Waals surface area contributed by atoms with Gasteiger partial charge in [-0.2, -0.15) is 8.42 Å². The Morgan fingerprint density at radius 1 is 0.917 bits per heavy atom. The van der Waals surface area contributed by atoms with E-state index in [0.29, 0.717) is 11.3 Å². The monoisotopic (exact) mass is 370 g/mol. The van der Waals surface area contributed by atoms with Crippen LogP contribution in [0.2, 0.25) is 0 Å². The van der Waals surface area contributed by atoms with E-state index in [-0.39, 0.29) is 9.79 Å². The van der Waals surface area contributed by atoms with Crippen molar-refractivity contribution in [3.05, 3.63) is 54.1 Å². The van der Waals surface area contributed by atoms with E-state index in [1.165, 1.54) is 43.5 Å². The van der Waals surface area contributed by atoms with E-state index in [1.807, 2.05) is 0 Å². The highest BCUT2D eigenvalue weighted by atomic mass is 32.2. The number of benzene rings is 2. The molecule has 0 radical (unpaired) electrons. The maximum Gasteiger partial charge on any atom is 0.264 e. The van der Waals surface area contributed by atoms with Gasteiger partial charge in [-0.1, -0.05) is 18.2 Å². The lowest BCUT2D eigenvalue weighted by Gasteiger charge is -2.12. The van der Waals surface area contributed by atoms with Gasteiger partial charge in [-0.15, -0.1) is 0 Å². The van der Waals surface area contributed by atoms with Crippen LogP contribution in [0.5, 0.6) is 5.75 Å². The van der Waals surface area contributed by atoms with Crippen LogP contribution in [-0.4, -0.2) is 30.2 Å². The van der Waals surface area contributed by atoms with E-state index >= 15 is 0 Å². The third kappa shape index (κ3) is 4.34. The molecular formula is C16H18O6S2. The minimum Gasteiger partial charge on any atom is -0.497 e. The fraction of sp³-hybridized carbons (Fsp3) is 0.250. The average molecular weight is 370 g/mol. The highest BCUT2D eigenvalue weighted by molar-refractivity contribution is 7.91. The van der Waals surface area contributed by atoms with Gasteiger partial charge in [0.05, 0.1) is 29.3 Å². The van der Waals surface area contributed by atoms with E-state index in [2.05, 4.69) is 0 Å². The third-order valence-electron chi connectivity index (χ3n) is 3.33. The fourth-order valence-corrected chi connectivity index (χ4v) is 4.07. The first-order valence-electron chi connectivity index (χ1n) is 7.01. The maximum absolute atomic E-state index is 12.6. The molecule has 1 atom stereocenters. The molecule has 0 fully saturated rings. The first-order chi connectivity index (χ1) is 11.1. The predicted molar refractivity (Wildman–Crippen MR) is 89.2 cm³/mol. The molecule has 0 aliphatic carbocycles. The summed E-state index contributed by atoms with van der Waals surface area (Å²) in [7, 11) is -5.82. The summed E-state index contributed by atoms with van der Waals surface area (Å²) in [4.78, 5) is 0.223. The Labute approximate surface area is 142 Å². The zero-order chi connectivity index (χ0) is 18.0. The standard InChI is InChI=1S/C16H18O6S2/c1-12(22-23(3,17)18)13-7-9-15(10-8-13)24(19,20)16-6-4-5-14(11-16)21-2/h4-12H,1-3H3. The van der Waals surface area contributed by atoms with Crippen LogP contribution in [0.1, 0.15) is 18.6 Å². The summed E-state index contributed by atoms with van der Waals surface area (Å²) in [6, 6.07) is 12.1. The van der Waals surface area contributed by atoms with Gasteiger partial charge in [0.15, 0.2) is 0 Å². The Morgan fingerprint density at radius 3 is 2.08 bits per heavy atom. The summed E-state index contributed by atoms with van der Waals surface area (Å²) >= 11 is 0. The Morgan fingerprint density at radius 2 is 1.54 bits per heavy atom. The van der Waals surface area contributed by atoms with Crippen molar-refractivity contribution in [2.45, 2.75) is 22.8 Å². The number of hydrogen-bond acceptors (Lipinski definition) is 6. The van der Waals surface area contributed by atoms with Crippen LogP contribution < -0.4 is 4.74 Å². The van der Waals surface area contributed by atoms with Gasteiger partial charge >= 0.3 is 0 Å². The molecule has 0 N–H and O–H groups in total. The van der Waals surface area contributed by atoms with Crippen molar-refractivity contribution < 1.29 is 25.8 Å². The van der Waals surface area contributed by atoms with Crippen LogP contribution in [0, 0.1) is 0 Å². The Balaban J connectivity index is 2.32. The first-order valence-corrected chi connectivity index (χ1v) is 10.3. The SMILES string of the molecule is COc1cccc(S(=O)(=O)c2ccc(C(C)OS(C)(=O)=O)cc2)c1. The molecule has 1 unspecified atom stereocenters. The van der Waals surface area contributed by atoms with Gasteiger partial charge in [0.25, 0.3) is 10.1 Å². The summed E-state index contributed by atoms with van der Waals surface area (Å²) in [6.45, 7) is 1.58. The number of methoxy groups -OCH3 is 1. The smallest absolute Gasteiger partial charge is 0.264 e. The van der Waals surface area contributed by atoms with Crippen molar-refractivity contribution >= 4 is 20.0 Å².